The second kappa shape index (κ2) is 2.35. The number of nitrogens with two attached hydrogens (primary N) is 1. The Morgan fingerprint density at radius 2 is 2.22 bits per heavy atom. The van der Waals surface area contributed by atoms with Crippen LogP contribution in [0.3, 0.4) is 0 Å². The Balaban J connectivity index is 2.11. The zero-order valence-corrected chi connectivity index (χ0v) is 5.08. The zero-order valence-electron chi connectivity index (χ0n) is 5.08. The number of hydrogen-bond donors (Lipinski definition) is 2. The molecule has 0 aliphatic heterocycles. The summed E-state index contributed by atoms with van der Waals surface area (Å²) >= 11 is 0. The third kappa shape index (κ3) is 1.68. The number of carbonyl (C=O) groups is 1. The van der Waals surface area contributed by atoms with Gasteiger partial charge in [-0.15, -0.1) is 0 Å². The molecule has 1 saturated carbocycles. The van der Waals surface area contributed by atoms with Crippen molar-refractivity contribution in [2.75, 3.05) is 0 Å². The van der Waals surface area contributed by atoms with Crippen LogP contribution in [-0.4, -0.2) is 17.1 Å². The largest absolute Gasteiger partial charge is 0.393 e. The normalized spacial score (nSPS) is 33.4. The van der Waals surface area contributed by atoms with Gasteiger partial charge in [0.25, 0.3) is 0 Å². The zero-order chi connectivity index (χ0) is 6.85. The van der Waals surface area contributed by atoms with Gasteiger partial charge < -0.3 is 10.8 Å². The van der Waals surface area contributed by atoms with Crippen molar-refractivity contribution >= 4 is 5.91 Å². The van der Waals surface area contributed by atoms with E-state index in [0.717, 1.165) is 0 Å². The molecule has 1 fully saturated rings. The van der Waals surface area contributed by atoms with Crippen molar-refractivity contribution in [3.05, 3.63) is 6.42 Å². The molecule has 1 radical (unpaired) electrons. The molecule has 0 aromatic heterocycles. The Labute approximate surface area is 53.9 Å². The van der Waals surface area contributed by atoms with E-state index in [-0.39, 0.29) is 17.9 Å². The monoisotopic (exact) mass is 128 g/mol. The van der Waals surface area contributed by atoms with Crippen LogP contribution in [-0.2, 0) is 4.79 Å². The first-order valence-corrected chi connectivity index (χ1v) is 3.01. The highest BCUT2D eigenvalue weighted by molar-refractivity contribution is 5.83. The minimum absolute atomic E-state index is 0.203. The van der Waals surface area contributed by atoms with Gasteiger partial charge in [0.15, 0.2) is 0 Å². The van der Waals surface area contributed by atoms with Crippen LogP contribution in [0.15, 0.2) is 0 Å². The van der Waals surface area contributed by atoms with Gasteiger partial charge in [-0.25, -0.2) is 0 Å². The molecule has 0 spiro atoms. The minimum Gasteiger partial charge on any atom is -0.393 e. The number of rotatable bonds is 2. The first-order valence-electron chi connectivity index (χ1n) is 3.01. The van der Waals surface area contributed by atoms with Crippen molar-refractivity contribution in [1.29, 1.82) is 0 Å². The van der Waals surface area contributed by atoms with Crippen molar-refractivity contribution in [1.82, 2.24) is 0 Å². The highest BCUT2D eigenvalue weighted by Crippen LogP contribution is 2.28. The Morgan fingerprint density at radius 1 is 1.67 bits per heavy atom. The number of primary amides is 1. The summed E-state index contributed by atoms with van der Waals surface area (Å²) in [6.07, 6.45) is 2.66. The van der Waals surface area contributed by atoms with Crippen molar-refractivity contribution < 1.29 is 9.90 Å². The lowest BCUT2D eigenvalue weighted by Gasteiger charge is -2.29. The quantitative estimate of drug-likeness (QED) is 0.524. The minimum atomic E-state index is -0.382. The number of hydrogen-bond acceptors (Lipinski definition) is 2. The van der Waals surface area contributed by atoms with E-state index in [0.29, 0.717) is 12.8 Å². The maximum atomic E-state index is 10.2. The SMILES string of the molecule is NC(=O)[CH][C@H]1C[C@H](O)C1. The maximum Gasteiger partial charge on any atom is 0.221 e. The molecule has 9 heavy (non-hydrogen) atoms. The van der Waals surface area contributed by atoms with Gasteiger partial charge in [-0.3, -0.25) is 4.79 Å². The van der Waals surface area contributed by atoms with Crippen molar-refractivity contribution in [2.24, 2.45) is 11.7 Å². The summed E-state index contributed by atoms with van der Waals surface area (Å²) < 4.78 is 0. The number of carbonyl (C=O) groups excluding carboxylic acids is 1. The van der Waals surface area contributed by atoms with Gasteiger partial charge in [0, 0.05) is 0 Å². The van der Waals surface area contributed by atoms with E-state index in [4.69, 9.17) is 10.8 Å². The van der Waals surface area contributed by atoms with E-state index in [1.54, 1.807) is 0 Å². The van der Waals surface area contributed by atoms with Crippen LogP contribution in [0.5, 0.6) is 0 Å². The van der Waals surface area contributed by atoms with E-state index < -0.39 is 0 Å². The van der Waals surface area contributed by atoms with E-state index in [9.17, 15) is 4.79 Å². The fourth-order valence-electron chi connectivity index (χ4n) is 0.998. The molecule has 51 valence electrons. The lowest BCUT2D eigenvalue weighted by atomic mass is 9.80. The molecule has 3 N–H and O–H groups in total. The fourth-order valence-corrected chi connectivity index (χ4v) is 0.998. The summed E-state index contributed by atoms with van der Waals surface area (Å²) in [5.41, 5.74) is 4.87. The van der Waals surface area contributed by atoms with Crippen LogP contribution in [0.25, 0.3) is 0 Å². The molecule has 0 bridgehead atoms. The highest BCUT2D eigenvalue weighted by Gasteiger charge is 2.28. The number of amides is 1. The predicted molar refractivity (Wildman–Crippen MR) is 32.2 cm³/mol. The molecule has 1 aliphatic carbocycles. The third-order valence-corrected chi connectivity index (χ3v) is 1.55. The smallest absolute Gasteiger partial charge is 0.221 e. The first-order chi connectivity index (χ1) is 4.18. The molecule has 0 heterocycles. The van der Waals surface area contributed by atoms with Gasteiger partial charge in [-0.05, 0) is 18.8 Å². The van der Waals surface area contributed by atoms with Gasteiger partial charge in [-0.2, -0.15) is 0 Å². The molecule has 1 aliphatic rings. The average Bonchev–Trinajstić information content (AvgIpc) is 1.60. The van der Waals surface area contributed by atoms with E-state index in [1.807, 2.05) is 0 Å². The lowest BCUT2D eigenvalue weighted by Crippen LogP contribution is -2.32. The molecule has 3 heteroatoms. The van der Waals surface area contributed by atoms with Crippen LogP contribution < -0.4 is 5.73 Å². The Bertz CT molecular complexity index is 118. The average molecular weight is 128 g/mol. The van der Waals surface area contributed by atoms with Gasteiger partial charge in [0.1, 0.15) is 0 Å². The van der Waals surface area contributed by atoms with Crippen molar-refractivity contribution in [3.8, 4) is 0 Å². The van der Waals surface area contributed by atoms with Gasteiger partial charge in [-0.1, -0.05) is 0 Å². The Hall–Kier alpha value is -0.570. The first kappa shape index (κ1) is 6.55. The molecule has 0 saturated heterocycles. The van der Waals surface area contributed by atoms with Crippen LogP contribution in [0.2, 0.25) is 0 Å². The standard InChI is InChI=1S/C6H10NO2/c7-6(9)3-4-1-5(8)2-4/h3-5,8H,1-2H2,(H2,7,9)/t4-,5-. The summed E-state index contributed by atoms with van der Waals surface area (Å²) in [6.45, 7) is 0. The number of aliphatic hydroxyl groups excluding tert-OH is 1. The van der Waals surface area contributed by atoms with Crippen molar-refractivity contribution in [3.63, 3.8) is 0 Å². The summed E-state index contributed by atoms with van der Waals surface area (Å²) in [4.78, 5) is 10.2. The molecule has 1 amide bonds. The fraction of sp³-hybridized carbons (Fsp3) is 0.667. The summed E-state index contributed by atoms with van der Waals surface area (Å²) in [5, 5.41) is 8.76. The van der Waals surface area contributed by atoms with Gasteiger partial charge in [0.05, 0.1) is 12.5 Å². The van der Waals surface area contributed by atoms with E-state index in [1.165, 1.54) is 6.42 Å². The summed E-state index contributed by atoms with van der Waals surface area (Å²) in [6, 6.07) is 0. The third-order valence-electron chi connectivity index (χ3n) is 1.55. The lowest BCUT2D eigenvalue weighted by molar-refractivity contribution is -0.116. The molecule has 3 nitrogen and oxygen atoms in total. The molecule has 0 aromatic carbocycles. The van der Waals surface area contributed by atoms with Crippen molar-refractivity contribution in [2.45, 2.75) is 18.9 Å². The Morgan fingerprint density at radius 3 is 2.56 bits per heavy atom. The summed E-state index contributed by atoms with van der Waals surface area (Å²) in [5.74, 6) is -0.149. The molecule has 0 aromatic rings. The second-order valence-corrected chi connectivity index (χ2v) is 2.45. The molecule has 1 rings (SSSR count). The van der Waals surface area contributed by atoms with Crippen LogP contribution in [0.1, 0.15) is 12.8 Å². The Kier molecular flexibility index (Phi) is 1.71. The highest BCUT2D eigenvalue weighted by atomic mass is 16.3. The molecule has 0 atom stereocenters. The molecule has 0 unspecified atom stereocenters. The van der Waals surface area contributed by atoms with Crippen LogP contribution >= 0.6 is 0 Å². The predicted octanol–water partition coefficient (Wildman–Crippen LogP) is -0.553. The van der Waals surface area contributed by atoms with Gasteiger partial charge >= 0.3 is 0 Å². The topological polar surface area (TPSA) is 63.3 Å². The maximum absolute atomic E-state index is 10.2. The second-order valence-electron chi connectivity index (χ2n) is 2.45. The molecular formula is C6H10NO2. The molecular weight excluding hydrogens is 118 g/mol. The van der Waals surface area contributed by atoms with E-state index in [2.05, 4.69) is 0 Å². The number of aliphatic hydroxyl groups is 1. The van der Waals surface area contributed by atoms with E-state index >= 15 is 0 Å². The van der Waals surface area contributed by atoms with Crippen LogP contribution in [0, 0.1) is 12.3 Å². The van der Waals surface area contributed by atoms with Gasteiger partial charge in [0.2, 0.25) is 5.91 Å². The summed E-state index contributed by atoms with van der Waals surface area (Å²) in [7, 11) is 0. The van der Waals surface area contributed by atoms with Crippen LogP contribution in [0.4, 0.5) is 0 Å².